The van der Waals surface area contributed by atoms with Crippen LogP contribution in [0.1, 0.15) is 45.3 Å². The first-order valence-corrected chi connectivity index (χ1v) is 7.11. The Morgan fingerprint density at radius 2 is 2.32 bits per heavy atom. The number of aromatic nitrogens is 2. The third kappa shape index (κ3) is 2.81. The summed E-state index contributed by atoms with van der Waals surface area (Å²) in [7, 11) is 0. The molecule has 1 saturated heterocycles. The summed E-state index contributed by atoms with van der Waals surface area (Å²) < 4.78 is 1.98. The number of nitrogens with zero attached hydrogens (tertiary/aromatic N) is 2. The van der Waals surface area contributed by atoms with Crippen molar-refractivity contribution in [3.63, 3.8) is 0 Å². The Morgan fingerprint density at radius 3 is 2.95 bits per heavy atom. The van der Waals surface area contributed by atoms with Gasteiger partial charge >= 0.3 is 0 Å². The summed E-state index contributed by atoms with van der Waals surface area (Å²) in [6.07, 6.45) is 3.80. The van der Waals surface area contributed by atoms with E-state index in [1.165, 1.54) is 0 Å². The molecule has 0 radical (unpaired) electrons. The number of primary amides is 1. The van der Waals surface area contributed by atoms with Gasteiger partial charge in [0, 0.05) is 18.8 Å². The number of nitrogens with two attached hydrogens (primary N) is 1. The van der Waals surface area contributed by atoms with Gasteiger partial charge in [0.05, 0.1) is 17.7 Å². The minimum atomic E-state index is -0.221. The summed E-state index contributed by atoms with van der Waals surface area (Å²) in [5, 5.41) is 7.87. The molecule has 1 aliphatic rings. The van der Waals surface area contributed by atoms with Crippen molar-refractivity contribution in [1.29, 1.82) is 0 Å². The number of carbonyl (C=O) groups is 1. The summed E-state index contributed by atoms with van der Waals surface area (Å²) in [6.45, 7) is 7.26. The molecule has 0 aromatic carbocycles. The van der Waals surface area contributed by atoms with Gasteiger partial charge in [-0.1, -0.05) is 13.8 Å². The highest BCUT2D eigenvalue weighted by molar-refractivity contribution is 5.78. The van der Waals surface area contributed by atoms with Crippen molar-refractivity contribution < 1.29 is 4.79 Å². The minimum absolute atomic E-state index is 0.0229. The van der Waals surface area contributed by atoms with Crippen molar-refractivity contribution in [2.75, 3.05) is 0 Å². The Morgan fingerprint density at radius 1 is 1.58 bits per heavy atom. The molecule has 1 aromatic rings. The van der Waals surface area contributed by atoms with Gasteiger partial charge in [0.2, 0.25) is 5.91 Å². The molecule has 4 atom stereocenters. The summed E-state index contributed by atoms with van der Waals surface area (Å²) >= 11 is 0. The second-order valence-electron chi connectivity index (χ2n) is 5.67. The Labute approximate surface area is 114 Å². The van der Waals surface area contributed by atoms with E-state index in [1.54, 1.807) is 6.20 Å². The molecular weight excluding hydrogens is 240 g/mol. The lowest BCUT2D eigenvalue weighted by Crippen LogP contribution is -2.49. The SMILES string of the molecule is CCCn1nccc1C1NC(C)CC(C)C1C(N)=O. The van der Waals surface area contributed by atoms with Gasteiger partial charge in [0.1, 0.15) is 0 Å². The zero-order valence-corrected chi connectivity index (χ0v) is 12.0. The minimum Gasteiger partial charge on any atom is -0.369 e. The zero-order chi connectivity index (χ0) is 14.0. The maximum Gasteiger partial charge on any atom is 0.222 e. The molecule has 0 saturated carbocycles. The maximum absolute atomic E-state index is 11.8. The normalized spacial score (nSPS) is 31.3. The molecule has 3 N–H and O–H groups in total. The molecule has 106 valence electrons. The van der Waals surface area contributed by atoms with E-state index in [1.807, 2.05) is 10.7 Å². The summed E-state index contributed by atoms with van der Waals surface area (Å²) in [6, 6.07) is 2.36. The number of carbonyl (C=O) groups excluding carboxylic acids is 1. The molecule has 1 aromatic heterocycles. The first kappa shape index (κ1) is 14.1. The lowest BCUT2D eigenvalue weighted by molar-refractivity contribution is -0.125. The molecule has 1 fully saturated rings. The fourth-order valence-electron chi connectivity index (χ4n) is 3.23. The van der Waals surface area contributed by atoms with Crippen LogP contribution in [-0.2, 0) is 11.3 Å². The quantitative estimate of drug-likeness (QED) is 0.864. The van der Waals surface area contributed by atoms with Crippen LogP contribution in [0, 0.1) is 11.8 Å². The summed E-state index contributed by atoms with van der Waals surface area (Å²) in [5.74, 6) is -0.0895. The van der Waals surface area contributed by atoms with Gasteiger partial charge < -0.3 is 11.1 Å². The van der Waals surface area contributed by atoms with Crippen molar-refractivity contribution in [3.8, 4) is 0 Å². The van der Waals surface area contributed by atoms with Crippen LogP contribution in [0.25, 0.3) is 0 Å². The van der Waals surface area contributed by atoms with E-state index in [0.717, 1.165) is 25.1 Å². The Kier molecular flexibility index (Phi) is 4.24. The number of piperidine rings is 1. The predicted octanol–water partition coefficient (Wildman–Crippen LogP) is 1.45. The molecule has 2 heterocycles. The Balaban J connectivity index is 2.32. The second-order valence-corrected chi connectivity index (χ2v) is 5.67. The van der Waals surface area contributed by atoms with Crippen molar-refractivity contribution in [2.45, 2.75) is 52.2 Å². The summed E-state index contributed by atoms with van der Waals surface area (Å²) in [5.41, 5.74) is 6.69. The van der Waals surface area contributed by atoms with E-state index >= 15 is 0 Å². The maximum atomic E-state index is 11.8. The largest absolute Gasteiger partial charge is 0.369 e. The monoisotopic (exact) mass is 264 g/mol. The smallest absolute Gasteiger partial charge is 0.222 e. The van der Waals surface area contributed by atoms with Crippen LogP contribution >= 0.6 is 0 Å². The molecule has 1 aliphatic heterocycles. The topological polar surface area (TPSA) is 72.9 Å². The third-order valence-electron chi connectivity index (χ3n) is 3.99. The summed E-state index contributed by atoms with van der Waals surface area (Å²) in [4.78, 5) is 11.8. The first-order valence-electron chi connectivity index (χ1n) is 7.11. The van der Waals surface area contributed by atoms with E-state index in [2.05, 4.69) is 31.2 Å². The van der Waals surface area contributed by atoms with Crippen LogP contribution in [0.3, 0.4) is 0 Å². The van der Waals surface area contributed by atoms with Crippen molar-refractivity contribution in [3.05, 3.63) is 18.0 Å². The number of nitrogens with one attached hydrogen (secondary N) is 1. The lowest BCUT2D eigenvalue weighted by atomic mass is 9.77. The lowest BCUT2D eigenvalue weighted by Gasteiger charge is -2.39. The highest BCUT2D eigenvalue weighted by Gasteiger charge is 2.39. The number of amides is 1. The van der Waals surface area contributed by atoms with Crippen molar-refractivity contribution in [2.24, 2.45) is 17.6 Å². The van der Waals surface area contributed by atoms with Crippen LogP contribution < -0.4 is 11.1 Å². The molecular formula is C14H24N4O. The molecule has 2 rings (SSSR count). The van der Waals surface area contributed by atoms with Gasteiger partial charge in [-0.3, -0.25) is 9.48 Å². The second kappa shape index (κ2) is 5.74. The number of hydrogen-bond acceptors (Lipinski definition) is 3. The van der Waals surface area contributed by atoms with Gasteiger partial charge in [0.25, 0.3) is 0 Å². The molecule has 0 aliphatic carbocycles. The molecule has 0 spiro atoms. The van der Waals surface area contributed by atoms with Gasteiger partial charge in [-0.2, -0.15) is 5.10 Å². The molecule has 0 bridgehead atoms. The van der Waals surface area contributed by atoms with Crippen LogP contribution in [0.15, 0.2) is 12.3 Å². The van der Waals surface area contributed by atoms with Gasteiger partial charge in [0.15, 0.2) is 0 Å². The van der Waals surface area contributed by atoms with E-state index in [0.29, 0.717) is 12.0 Å². The Bertz CT molecular complexity index is 442. The fraction of sp³-hybridized carbons (Fsp3) is 0.714. The van der Waals surface area contributed by atoms with E-state index in [4.69, 9.17) is 5.73 Å². The molecule has 19 heavy (non-hydrogen) atoms. The standard InChI is InChI=1S/C14H24N4O/c1-4-7-18-11(5-6-16-18)13-12(14(15)19)9(2)8-10(3)17-13/h5-6,9-10,12-13,17H,4,7-8H2,1-3H3,(H2,15,19). The average Bonchev–Trinajstić information content (AvgIpc) is 2.75. The number of aryl methyl sites for hydroxylation is 1. The molecule has 5 nitrogen and oxygen atoms in total. The number of hydrogen-bond donors (Lipinski definition) is 2. The zero-order valence-electron chi connectivity index (χ0n) is 12.0. The van der Waals surface area contributed by atoms with Gasteiger partial charge in [-0.05, 0) is 31.7 Å². The van der Waals surface area contributed by atoms with Crippen LogP contribution in [0.5, 0.6) is 0 Å². The van der Waals surface area contributed by atoms with Crippen molar-refractivity contribution in [1.82, 2.24) is 15.1 Å². The first-order chi connectivity index (χ1) is 9.04. The van der Waals surface area contributed by atoms with Crippen LogP contribution in [0.4, 0.5) is 0 Å². The van der Waals surface area contributed by atoms with Crippen LogP contribution in [0.2, 0.25) is 0 Å². The van der Waals surface area contributed by atoms with Crippen LogP contribution in [-0.4, -0.2) is 21.7 Å². The highest BCUT2D eigenvalue weighted by atomic mass is 16.1. The number of rotatable bonds is 4. The van der Waals surface area contributed by atoms with E-state index in [-0.39, 0.29) is 17.9 Å². The predicted molar refractivity (Wildman–Crippen MR) is 74.3 cm³/mol. The van der Waals surface area contributed by atoms with Gasteiger partial charge in [-0.15, -0.1) is 0 Å². The molecule has 4 unspecified atom stereocenters. The molecule has 1 amide bonds. The Hall–Kier alpha value is -1.36. The highest BCUT2D eigenvalue weighted by Crippen LogP contribution is 2.35. The van der Waals surface area contributed by atoms with E-state index < -0.39 is 0 Å². The molecule has 5 heteroatoms. The van der Waals surface area contributed by atoms with E-state index in [9.17, 15) is 4.79 Å². The third-order valence-corrected chi connectivity index (χ3v) is 3.99. The fourth-order valence-corrected chi connectivity index (χ4v) is 3.23. The van der Waals surface area contributed by atoms with Crippen molar-refractivity contribution >= 4 is 5.91 Å². The van der Waals surface area contributed by atoms with Gasteiger partial charge in [-0.25, -0.2) is 0 Å². The average molecular weight is 264 g/mol.